The van der Waals surface area contributed by atoms with E-state index in [1.807, 2.05) is 61.6 Å². The van der Waals surface area contributed by atoms with E-state index in [9.17, 15) is 9.59 Å². The predicted molar refractivity (Wildman–Crippen MR) is 104 cm³/mol. The molecule has 0 radical (unpaired) electrons. The zero-order valence-electron chi connectivity index (χ0n) is 14.7. The summed E-state index contributed by atoms with van der Waals surface area (Å²) in [5, 5.41) is 6.60. The van der Waals surface area contributed by atoms with Gasteiger partial charge in [-0.3, -0.25) is 9.59 Å². The van der Waals surface area contributed by atoms with Crippen LogP contribution in [0.4, 0.5) is 0 Å². The molecule has 0 saturated heterocycles. The SMILES string of the molecule is CC(C)(C)NC(=O)CNC(=O)c1c(-n2cccc2)sc2c1CCSC2. The molecule has 0 bridgehead atoms. The van der Waals surface area contributed by atoms with Crippen molar-refractivity contribution in [1.82, 2.24) is 15.2 Å². The van der Waals surface area contributed by atoms with E-state index in [1.165, 1.54) is 4.88 Å². The minimum atomic E-state index is -0.309. The first-order valence-corrected chi connectivity index (χ1v) is 10.3. The van der Waals surface area contributed by atoms with Crippen molar-refractivity contribution in [2.75, 3.05) is 12.3 Å². The van der Waals surface area contributed by atoms with E-state index in [-0.39, 0.29) is 23.9 Å². The third kappa shape index (κ3) is 4.27. The highest BCUT2D eigenvalue weighted by Gasteiger charge is 2.26. The van der Waals surface area contributed by atoms with Crippen molar-refractivity contribution in [2.45, 2.75) is 38.5 Å². The summed E-state index contributed by atoms with van der Waals surface area (Å²) in [5.74, 6) is 1.63. The Morgan fingerprint density at radius 2 is 1.96 bits per heavy atom. The number of aromatic nitrogens is 1. The summed E-state index contributed by atoms with van der Waals surface area (Å²) < 4.78 is 1.98. The molecule has 0 unspecified atom stereocenters. The number of thioether (sulfide) groups is 1. The first kappa shape index (κ1) is 18.1. The molecule has 7 heteroatoms. The largest absolute Gasteiger partial charge is 0.350 e. The van der Waals surface area contributed by atoms with Gasteiger partial charge in [0.15, 0.2) is 0 Å². The molecule has 0 atom stereocenters. The number of thiophene rings is 1. The zero-order chi connectivity index (χ0) is 18.0. The first-order valence-electron chi connectivity index (χ1n) is 8.30. The molecular weight excluding hydrogens is 354 g/mol. The summed E-state index contributed by atoms with van der Waals surface area (Å²) in [7, 11) is 0. The third-order valence-corrected chi connectivity index (χ3v) is 6.21. The molecule has 3 rings (SSSR count). The second kappa shape index (κ2) is 7.25. The Bertz CT molecular complexity index is 773. The molecular formula is C18H23N3O2S2. The standard InChI is InChI=1S/C18H23N3O2S2/c1-18(2,3)20-14(22)10-19-16(23)15-12-6-9-24-11-13(12)25-17(15)21-7-4-5-8-21/h4-5,7-8H,6,9-11H2,1-3H3,(H,19,23)(H,20,22). The van der Waals surface area contributed by atoms with Gasteiger partial charge in [-0.25, -0.2) is 0 Å². The van der Waals surface area contributed by atoms with Gasteiger partial charge >= 0.3 is 0 Å². The van der Waals surface area contributed by atoms with E-state index in [1.54, 1.807) is 11.3 Å². The summed E-state index contributed by atoms with van der Waals surface area (Å²) >= 11 is 3.57. The number of nitrogens with zero attached hydrogens (tertiary/aromatic N) is 1. The van der Waals surface area contributed by atoms with E-state index in [2.05, 4.69) is 10.6 Å². The Balaban J connectivity index is 1.82. The molecule has 1 aliphatic heterocycles. The smallest absolute Gasteiger partial charge is 0.255 e. The van der Waals surface area contributed by atoms with Crippen molar-refractivity contribution in [2.24, 2.45) is 0 Å². The predicted octanol–water partition coefficient (Wildman–Crippen LogP) is 2.97. The molecule has 0 aliphatic carbocycles. The molecule has 0 saturated carbocycles. The van der Waals surface area contributed by atoms with Crippen LogP contribution in [0.15, 0.2) is 24.5 Å². The topological polar surface area (TPSA) is 63.1 Å². The van der Waals surface area contributed by atoms with Crippen LogP contribution in [-0.4, -0.2) is 34.2 Å². The lowest BCUT2D eigenvalue weighted by molar-refractivity contribution is -0.121. The van der Waals surface area contributed by atoms with Crippen LogP contribution in [0.25, 0.3) is 5.00 Å². The number of carbonyl (C=O) groups excluding carboxylic acids is 2. The van der Waals surface area contributed by atoms with Crippen molar-refractivity contribution < 1.29 is 9.59 Å². The van der Waals surface area contributed by atoms with Crippen LogP contribution in [0.5, 0.6) is 0 Å². The first-order chi connectivity index (χ1) is 11.8. The van der Waals surface area contributed by atoms with Gasteiger partial charge in [-0.2, -0.15) is 11.8 Å². The second-order valence-corrected chi connectivity index (χ2v) is 9.25. The Labute approximate surface area is 156 Å². The molecule has 1 aliphatic rings. The number of nitrogens with one attached hydrogen (secondary N) is 2. The normalized spacial score (nSPS) is 14.0. The van der Waals surface area contributed by atoms with Crippen LogP contribution in [0.1, 0.15) is 41.6 Å². The fourth-order valence-electron chi connectivity index (χ4n) is 2.82. The molecule has 5 nitrogen and oxygen atoms in total. The summed E-state index contributed by atoms with van der Waals surface area (Å²) in [6, 6.07) is 3.90. The van der Waals surface area contributed by atoms with Gasteiger partial charge in [-0.15, -0.1) is 11.3 Å². The van der Waals surface area contributed by atoms with Crippen LogP contribution < -0.4 is 10.6 Å². The lowest BCUT2D eigenvalue weighted by Crippen LogP contribution is -2.46. The molecule has 0 spiro atoms. The third-order valence-electron chi connectivity index (χ3n) is 3.79. The summed E-state index contributed by atoms with van der Waals surface area (Å²) in [5.41, 5.74) is 1.55. The molecule has 0 aromatic carbocycles. The van der Waals surface area contributed by atoms with E-state index in [4.69, 9.17) is 0 Å². The maximum Gasteiger partial charge on any atom is 0.255 e. The van der Waals surface area contributed by atoms with Gasteiger partial charge in [0.05, 0.1) is 12.1 Å². The van der Waals surface area contributed by atoms with Gasteiger partial charge in [0.25, 0.3) is 5.91 Å². The van der Waals surface area contributed by atoms with E-state index >= 15 is 0 Å². The molecule has 2 aromatic heterocycles. The highest BCUT2D eigenvalue weighted by atomic mass is 32.2. The molecule has 2 amide bonds. The van der Waals surface area contributed by atoms with Gasteiger partial charge in [-0.05, 0) is 50.6 Å². The Kier molecular flexibility index (Phi) is 5.24. The molecule has 25 heavy (non-hydrogen) atoms. The lowest BCUT2D eigenvalue weighted by Gasteiger charge is -2.20. The van der Waals surface area contributed by atoms with E-state index in [0.29, 0.717) is 0 Å². The second-order valence-electron chi connectivity index (χ2n) is 7.06. The monoisotopic (exact) mass is 377 g/mol. The van der Waals surface area contributed by atoms with E-state index < -0.39 is 0 Å². The highest BCUT2D eigenvalue weighted by molar-refractivity contribution is 7.98. The maximum atomic E-state index is 12.9. The average molecular weight is 378 g/mol. The van der Waals surface area contributed by atoms with Gasteiger partial charge in [0.2, 0.25) is 5.91 Å². The van der Waals surface area contributed by atoms with Gasteiger partial charge in [0, 0.05) is 28.6 Å². The summed E-state index contributed by atoms with van der Waals surface area (Å²) in [6.07, 6.45) is 4.80. The van der Waals surface area contributed by atoms with Crippen LogP contribution in [-0.2, 0) is 17.0 Å². The molecule has 3 heterocycles. The minimum Gasteiger partial charge on any atom is -0.350 e. The van der Waals surface area contributed by atoms with Crippen LogP contribution in [0.3, 0.4) is 0 Å². The van der Waals surface area contributed by atoms with Crippen LogP contribution in [0, 0.1) is 0 Å². The molecule has 2 N–H and O–H groups in total. The van der Waals surface area contributed by atoms with E-state index in [0.717, 1.165) is 34.1 Å². The average Bonchev–Trinajstić information content (AvgIpc) is 3.17. The Morgan fingerprint density at radius 1 is 1.24 bits per heavy atom. The molecule has 134 valence electrons. The summed E-state index contributed by atoms with van der Waals surface area (Å²) in [6.45, 7) is 5.75. The minimum absolute atomic E-state index is 0.0133. The van der Waals surface area contributed by atoms with Crippen LogP contribution in [0.2, 0.25) is 0 Å². The van der Waals surface area contributed by atoms with Gasteiger partial charge in [-0.1, -0.05) is 0 Å². The van der Waals surface area contributed by atoms with Gasteiger partial charge in [0.1, 0.15) is 5.00 Å². The Morgan fingerprint density at radius 3 is 2.64 bits per heavy atom. The molecule has 2 aromatic rings. The quantitative estimate of drug-likeness (QED) is 0.861. The van der Waals surface area contributed by atoms with Crippen molar-refractivity contribution >= 4 is 34.9 Å². The fraction of sp³-hybridized carbons (Fsp3) is 0.444. The number of hydrogen-bond donors (Lipinski definition) is 2. The van der Waals surface area contributed by atoms with Crippen molar-refractivity contribution in [3.8, 4) is 5.00 Å². The van der Waals surface area contributed by atoms with Crippen molar-refractivity contribution in [1.29, 1.82) is 0 Å². The van der Waals surface area contributed by atoms with Crippen molar-refractivity contribution in [3.05, 3.63) is 40.5 Å². The number of carbonyl (C=O) groups is 2. The maximum absolute atomic E-state index is 12.9. The van der Waals surface area contributed by atoms with Crippen molar-refractivity contribution in [3.63, 3.8) is 0 Å². The Hall–Kier alpha value is -1.73. The number of rotatable bonds is 4. The lowest BCUT2D eigenvalue weighted by atomic mass is 10.1. The zero-order valence-corrected chi connectivity index (χ0v) is 16.4. The molecule has 0 fully saturated rings. The summed E-state index contributed by atoms with van der Waals surface area (Å²) in [4.78, 5) is 26.1. The highest BCUT2D eigenvalue weighted by Crippen LogP contribution is 2.38. The number of fused-ring (bicyclic) bond motifs is 1. The van der Waals surface area contributed by atoms with Crippen LogP contribution >= 0.6 is 23.1 Å². The fourth-order valence-corrected chi connectivity index (χ4v) is 5.26. The number of hydrogen-bond acceptors (Lipinski definition) is 4. The number of amides is 2. The van der Waals surface area contributed by atoms with Gasteiger partial charge < -0.3 is 15.2 Å².